The van der Waals surface area contributed by atoms with Gasteiger partial charge >= 0.3 is 5.97 Å². The first-order valence-corrected chi connectivity index (χ1v) is 10.5. The zero-order valence-corrected chi connectivity index (χ0v) is 18.6. The van der Waals surface area contributed by atoms with Crippen molar-refractivity contribution in [2.45, 2.75) is 13.8 Å². The van der Waals surface area contributed by atoms with Crippen LogP contribution in [0.2, 0.25) is 5.02 Å². The summed E-state index contributed by atoms with van der Waals surface area (Å²) in [5.74, 6) is -2.33. The first-order chi connectivity index (χ1) is 15.8. The van der Waals surface area contributed by atoms with Gasteiger partial charge in [0.15, 0.2) is 6.61 Å². The molecule has 33 heavy (non-hydrogen) atoms. The monoisotopic (exact) mass is 462 g/mol. The van der Waals surface area contributed by atoms with Gasteiger partial charge in [-0.1, -0.05) is 35.9 Å². The van der Waals surface area contributed by atoms with E-state index in [0.717, 1.165) is 16.0 Å². The molecule has 3 aromatic rings. The molecule has 7 nitrogen and oxygen atoms in total. The molecule has 166 valence electrons. The number of benzene rings is 3. The largest absolute Gasteiger partial charge is 0.452 e. The minimum absolute atomic E-state index is 0.0586. The smallest absolute Gasteiger partial charge is 0.338 e. The van der Waals surface area contributed by atoms with E-state index in [1.54, 1.807) is 36.4 Å². The number of hydrogen-bond acceptors (Lipinski definition) is 5. The van der Waals surface area contributed by atoms with E-state index in [-0.39, 0.29) is 16.7 Å². The van der Waals surface area contributed by atoms with E-state index in [4.69, 9.17) is 16.3 Å². The molecule has 0 radical (unpaired) electrons. The molecular weight excluding hydrogens is 444 g/mol. The summed E-state index contributed by atoms with van der Waals surface area (Å²) in [6.45, 7) is 3.19. The van der Waals surface area contributed by atoms with Gasteiger partial charge in [0.05, 0.1) is 33.1 Å². The highest BCUT2D eigenvalue weighted by Crippen LogP contribution is 2.32. The van der Waals surface area contributed by atoms with E-state index in [2.05, 4.69) is 5.32 Å². The van der Waals surface area contributed by atoms with E-state index in [1.165, 1.54) is 18.2 Å². The van der Waals surface area contributed by atoms with Crippen molar-refractivity contribution in [1.82, 2.24) is 0 Å². The summed E-state index contributed by atoms with van der Waals surface area (Å²) in [4.78, 5) is 51.6. The van der Waals surface area contributed by atoms with Crippen LogP contribution < -0.4 is 10.2 Å². The van der Waals surface area contributed by atoms with Gasteiger partial charge in [-0.3, -0.25) is 14.4 Å². The Morgan fingerprint density at radius 3 is 2.42 bits per heavy atom. The van der Waals surface area contributed by atoms with Crippen molar-refractivity contribution in [2.75, 3.05) is 16.8 Å². The Labute approximate surface area is 194 Å². The Bertz CT molecular complexity index is 1320. The van der Waals surface area contributed by atoms with Gasteiger partial charge in [-0.2, -0.15) is 0 Å². The topological polar surface area (TPSA) is 92.8 Å². The van der Waals surface area contributed by atoms with Crippen molar-refractivity contribution in [3.8, 4) is 0 Å². The molecule has 0 aromatic heterocycles. The van der Waals surface area contributed by atoms with Crippen molar-refractivity contribution in [3.05, 3.63) is 93.5 Å². The number of esters is 1. The zero-order chi connectivity index (χ0) is 23.7. The number of nitrogens with zero attached hydrogens (tertiary/aromatic N) is 1. The molecule has 0 fully saturated rings. The Morgan fingerprint density at radius 2 is 1.67 bits per heavy atom. The third-order valence-electron chi connectivity index (χ3n) is 5.42. The standard InChI is InChI=1S/C25H19ClN2O5/c1-14-6-5-9-21(15(14)2)28-23(30)17-11-10-16(12-18(17)24(28)31)25(32)33-13-22(29)27-20-8-4-3-7-19(20)26/h3-12H,13H2,1-2H3,(H,27,29). The SMILES string of the molecule is Cc1cccc(N2C(=O)c3ccc(C(=O)OCC(=O)Nc4ccccc4Cl)cc3C2=O)c1C. The lowest BCUT2D eigenvalue weighted by molar-refractivity contribution is -0.119. The van der Waals surface area contributed by atoms with Gasteiger partial charge in [0.2, 0.25) is 0 Å². The maximum Gasteiger partial charge on any atom is 0.338 e. The Balaban J connectivity index is 1.48. The van der Waals surface area contributed by atoms with Crippen molar-refractivity contribution < 1.29 is 23.9 Å². The molecule has 4 rings (SSSR count). The van der Waals surface area contributed by atoms with Crippen LogP contribution in [0.5, 0.6) is 0 Å². The highest BCUT2D eigenvalue weighted by Gasteiger charge is 2.38. The highest BCUT2D eigenvalue weighted by molar-refractivity contribution is 6.35. The lowest BCUT2D eigenvalue weighted by atomic mass is 10.1. The predicted molar refractivity (Wildman–Crippen MR) is 124 cm³/mol. The van der Waals surface area contributed by atoms with E-state index >= 15 is 0 Å². The molecule has 0 aliphatic carbocycles. The summed E-state index contributed by atoms with van der Waals surface area (Å²) in [5, 5.41) is 2.91. The second-order valence-corrected chi connectivity index (χ2v) is 7.94. The molecule has 1 aliphatic heterocycles. The molecule has 8 heteroatoms. The van der Waals surface area contributed by atoms with E-state index < -0.39 is 30.3 Å². The van der Waals surface area contributed by atoms with Crippen molar-refractivity contribution >= 4 is 46.7 Å². The van der Waals surface area contributed by atoms with Crippen LogP contribution in [0.1, 0.15) is 42.2 Å². The maximum absolute atomic E-state index is 13.0. The molecular formula is C25H19ClN2O5. The van der Waals surface area contributed by atoms with Gasteiger partial charge in [0, 0.05) is 0 Å². The van der Waals surface area contributed by atoms with Crippen LogP contribution >= 0.6 is 11.6 Å². The van der Waals surface area contributed by atoms with Crippen LogP contribution in [0.3, 0.4) is 0 Å². The Kier molecular flexibility index (Phi) is 5.98. The number of carbonyl (C=O) groups is 4. The molecule has 0 spiro atoms. The van der Waals surface area contributed by atoms with Crippen LogP contribution in [-0.4, -0.2) is 30.3 Å². The van der Waals surface area contributed by atoms with E-state index in [9.17, 15) is 19.2 Å². The quantitative estimate of drug-likeness (QED) is 0.443. The lowest BCUT2D eigenvalue weighted by Crippen LogP contribution is -2.30. The number of carbonyl (C=O) groups excluding carboxylic acids is 4. The minimum Gasteiger partial charge on any atom is -0.452 e. The number of imide groups is 1. The molecule has 0 saturated heterocycles. The van der Waals surface area contributed by atoms with Gasteiger partial charge in [-0.25, -0.2) is 9.69 Å². The van der Waals surface area contributed by atoms with Crippen LogP contribution in [0, 0.1) is 13.8 Å². The predicted octanol–water partition coefficient (Wildman–Crippen LogP) is 4.55. The first kappa shape index (κ1) is 22.2. The van der Waals surface area contributed by atoms with Gasteiger partial charge in [0.25, 0.3) is 17.7 Å². The Hall–Kier alpha value is -3.97. The van der Waals surface area contributed by atoms with Gasteiger partial charge < -0.3 is 10.1 Å². The number of para-hydroxylation sites is 1. The van der Waals surface area contributed by atoms with Crippen LogP contribution in [0.4, 0.5) is 11.4 Å². The number of rotatable bonds is 5. The molecule has 3 amide bonds. The fourth-order valence-electron chi connectivity index (χ4n) is 3.53. The second kappa shape index (κ2) is 8.88. The molecule has 0 unspecified atom stereocenters. The third kappa shape index (κ3) is 4.23. The van der Waals surface area contributed by atoms with E-state index in [0.29, 0.717) is 16.4 Å². The molecule has 1 heterocycles. The number of fused-ring (bicyclic) bond motifs is 1. The van der Waals surface area contributed by atoms with E-state index in [1.807, 2.05) is 19.9 Å². The van der Waals surface area contributed by atoms with Crippen molar-refractivity contribution in [1.29, 1.82) is 0 Å². The minimum atomic E-state index is -0.794. The number of hydrogen-bond donors (Lipinski definition) is 1. The summed E-state index contributed by atoms with van der Waals surface area (Å²) in [6.07, 6.45) is 0. The average Bonchev–Trinajstić information content (AvgIpc) is 3.05. The normalized spacial score (nSPS) is 12.5. The average molecular weight is 463 g/mol. The summed E-state index contributed by atoms with van der Waals surface area (Å²) >= 11 is 5.99. The number of nitrogens with one attached hydrogen (secondary N) is 1. The summed E-state index contributed by atoms with van der Waals surface area (Å²) < 4.78 is 5.07. The van der Waals surface area contributed by atoms with Crippen molar-refractivity contribution in [2.24, 2.45) is 0 Å². The van der Waals surface area contributed by atoms with Crippen molar-refractivity contribution in [3.63, 3.8) is 0 Å². The van der Waals surface area contributed by atoms with Gasteiger partial charge in [-0.05, 0) is 61.4 Å². The van der Waals surface area contributed by atoms with Crippen LogP contribution in [-0.2, 0) is 9.53 Å². The molecule has 0 bridgehead atoms. The second-order valence-electron chi connectivity index (χ2n) is 7.53. The number of ether oxygens (including phenoxy) is 1. The molecule has 1 N–H and O–H groups in total. The summed E-state index contributed by atoms with van der Waals surface area (Å²) in [6, 6.07) is 16.2. The fraction of sp³-hybridized carbons (Fsp3) is 0.120. The summed E-state index contributed by atoms with van der Waals surface area (Å²) in [7, 11) is 0. The number of halogens is 1. The molecule has 1 aliphatic rings. The van der Waals surface area contributed by atoms with Crippen LogP contribution in [0.25, 0.3) is 0 Å². The zero-order valence-electron chi connectivity index (χ0n) is 17.8. The first-order valence-electron chi connectivity index (χ1n) is 10.1. The van der Waals surface area contributed by atoms with Gasteiger partial charge in [-0.15, -0.1) is 0 Å². The van der Waals surface area contributed by atoms with Gasteiger partial charge in [0.1, 0.15) is 0 Å². The fourth-order valence-corrected chi connectivity index (χ4v) is 3.71. The number of amides is 3. The lowest BCUT2D eigenvalue weighted by Gasteiger charge is -2.17. The third-order valence-corrected chi connectivity index (χ3v) is 5.75. The molecule has 0 saturated carbocycles. The number of anilines is 2. The summed E-state index contributed by atoms with van der Waals surface area (Å²) in [5.41, 5.74) is 3.03. The number of aryl methyl sites for hydroxylation is 1. The molecule has 3 aromatic carbocycles. The highest BCUT2D eigenvalue weighted by atomic mass is 35.5. The maximum atomic E-state index is 13.0. The Morgan fingerprint density at radius 1 is 0.939 bits per heavy atom. The molecule has 0 atom stereocenters. The van der Waals surface area contributed by atoms with Crippen LogP contribution in [0.15, 0.2) is 60.7 Å².